The minimum Gasteiger partial charge on any atom is -0.481 e. The smallest absolute Gasteiger partial charge is 0.303 e. The number of aryl methyl sites for hydroxylation is 1. The molecule has 5 nitrogen and oxygen atoms in total. The highest BCUT2D eigenvalue weighted by molar-refractivity contribution is 5.94. The number of anilines is 1. The van der Waals surface area contributed by atoms with Crippen LogP contribution in [0, 0.1) is 0 Å². The van der Waals surface area contributed by atoms with Gasteiger partial charge in [-0.05, 0) is 43.5 Å². The highest BCUT2D eigenvalue weighted by atomic mass is 16.4. The molecule has 1 fully saturated rings. The summed E-state index contributed by atoms with van der Waals surface area (Å²) in [6.45, 7) is 0.886. The maximum atomic E-state index is 12.1. The Morgan fingerprint density at radius 3 is 2.90 bits per heavy atom. The Kier molecular flexibility index (Phi) is 5.12. The number of hydrogen-bond acceptors (Lipinski definition) is 3. The molecule has 2 rings (SSSR count). The van der Waals surface area contributed by atoms with Gasteiger partial charge in [0, 0.05) is 12.1 Å². The second-order valence-electron chi connectivity index (χ2n) is 5.09. The Morgan fingerprint density at radius 1 is 1.35 bits per heavy atom. The average Bonchev–Trinajstić information content (AvgIpc) is 2.46. The summed E-state index contributed by atoms with van der Waals surface area (Å²) in [5.41, 5.74) is 1.65. The highest BCUT2D eigenvalue weighted by Gasteiger charge is 2.20. The molecule has 0 saturated carbocycles. The van der Waals surface area contributed by atoms with Crippen LogP contribution in [0.25, 0.3) is 0 Å². The lowest BCUT2D eigenvalue weighted by atomic mass is 10.0. The second kappa shape index (κ2) is 7.05. The van der Waals surface area contributed by atoms with Crippen molar-refractivity contribution in [3.05, 3.63) is 29.8 Å². The van der Waals surface area contributed by atoms with Gasteiger partial charge < -0.3 is 15.7 Å². The molecular formula is C15H20N2O3. The predicted octanol–water partition coefficient (Wildman–Crippen LogP) is 1.78. The first-order chi connectivity index (χ1) is 9.65. The van der Waals surface area contributed by atoms with Gasteiger partial charge in [0.25, 0.3) is 0 Å². The SMILES string of the molecule is O=C(O)CCc1cccc(NC(=O)C2CCCCN2)c1. The van der Waals surface area contributed by atoms with Crippen molar-refractivity contribution in [3.63, 3.8) is 0 Å². The highest BCUT2D eigenvalue weighted by Crippen LogP contribution is 2.14. The minimum atomic E-state index is -0.814. The Labute approximate surface area is 118 Å². The molecule has 1 aromatic rings. The fourth-order valence-electron chi connectivity index (χ4n) is 2.36. The Bertz CT molecular complexity index is 482. The maximum absolute atomic E-state index is 12.1. The van der Waals surface area contributed by atoms with Crippen LogP contribution in [0.3, 0.4) is 0 Å². The molecule has 5 heteroatoms. The third-order valence-electron chi connectivity index (χ3n) is 3.45. The Morgan fingerprint density at radius 2 is 2.20 bits per heavy atom. The van der Waals surface area contributed by atoms with E-state index in [1.165, 1.54) is 0 Å². The van der Waals surface area contributed by atoms with Crippen molar-refractivity contribution in [2.24, 2.45) is 0 Å². The topological polar surface area (TPSA) is 78.4 Å². The molecule has 0 aliphatic carbocycles. The van der Waals surface area contributed by atoms with E-state index in [4.69, 9.17) is 5.11 Å². The number of benzene rings is 1. The number of carbonyl (C=O) groups excluding carboxylic acids is 1. The van der Waals surface area contributed by atoms with Crippen molar-refractivity contribution < 1.29 is 14.7 Å². The van der Waals surface area contributed by atoms with E-state index in [9.17, 15) is 9.59 Å². The van der Waals surface area contributed by atoms with Gasteiger partial charge in [0.2, 0.25) is 5.91 Å². The molecule has 3 N–H and O–H groups in total. The van der Waals surface area contributed by atoms with Gasteiger partial charge in [-0.2, -0.15) is 0 Å². The molecule has 20 heavy (non-hydrogen) atoms. The molecule has 1 heterocycles. The quantitative estimate of drug-likeness (QED) is 0.766. The monoisotopic (exact) mass is 276 g/mol. The largest absolute Gasteiger partial charge is 0.481 e. The zero-order valence-electron chi connectivity index (χ0n) is 11.4. The van der Waals surface area contributed by atoms with Gasteiger partial charge in [0.15, 0.2) is 0 Å². The van der Waals surface area contributed by atoms with Gasteiger partial charge in [-0.1, -0.05) is 18.6 Å². The summed E-state index contributed by atoms with van der Waals surface area (Å²) in [6.07, 6.45) is 3.63. The van der Waals surface area contributed by atoms with Crippen LogP contribution >= 0.6 is 0 Å². The van der Waals surface area contributed by atoms with Gasteiger partial charge in [0.1, 0.15) is 0 Å². The number of carboxylic acid groups (broad SMARTS) is 1. The number of carbonyl (C=O) groups is 2. The molecule has 1 unspecified atom stereocenters. The van der Waals surface area contributed by atoms with Crippen LogP contribution < -0.4 is 10.6 Å². The number of aliphatic carboxylic acids is 1. The summed E-state index contributed by atoms with van der Waals surface area (Å²) < 4.78 is 0. The van der Waals surface area contributed by atoms with E-state index >= 15 is 0 Å². The molecule has 1 amide bonds. The molecule has 0 aromatic heterocycles. The Hall–Kier alpha value is -1.88. The third kappa shape index (κ3) is 4.35. The third-order valence-corrected chi connectivity index (χ3v) is 3.45. The number of nitrogens with one attached hydrogen (secondary N) is 2. The molecule has 1 atom stereocenters. The van der Waals surface area contributed by atoms with Crippen molar-refractivity contribution in [1.29, 1.82) is 0 Å². The van der Waals surface area contributed by atoms with Crippen molar-refractivity contribution in [2.75, 3.05) is 11.9 Å². The molecule has 1 aromatic carbocycles. The molecule has 1 aliphatic heterocycles. The number of piperidine rings is 1. The average molecular weight is 276 g/mol. The van der Waals surface area contributed by atoms with Gasteiger partial charge in [-0.3, -0.25) is 9.59 Å². The number of amides is 1. The summed E-state index contributed by atoms with van der Waals surface area (Å²) in [6, 6.07) is 7.25. The van der Waals surface area contributed by atoms with E-state index < -0.39 is 5.97 Å². The van der Waals surface area contributed by atoms with E-state index in [0.29, 0.717) is 6.42 Å². The van der Waals surface area contributed by atoms with E-state index in [2.05, 4.69) is 10.6 Å². The van der Waals surface area contributed by atoms with E-state index in [0.717, 1.165) is 37.1 Å². The molecule has 0 radical (unpaired) electrons. The van der Waals surface area contributed by atoms with Crippen molar-refractivity contribution in [2.45, 2.75) is 38.1 Å². The lowest BCUT2D eigenvalue weighted by Crippen LogP contribution is -2.43. The number of rotatable bonds is 5. The van der Waals surface area contributed by atoms with Gasteiger partial charge in [0.05, 0.1) is 6.04 Å². The molecular weight excluding hydrogens is 256 g/mol. The van der Waals surface area contributed by atoms with Crippen LogP contribution in [0.2, 0.25) is 0 Å². The van der Waals surface area contributed by atoms with Gasteiger partial charge in [-0.15, -0.1) is 0 Å². The summed E-state index contributed by atoms with van der Waals surface area (Å²) in [5.74, 6) is -0.828. The van der Waals surface area contributed by atoms with Crippen molar-refractivity contribution in [3.8, 4) is 0 Å². The zero-order chi connectivity index (χ0) is 14.4. The zero-order valence-corrected chi connectivity index (χ0v) is 11.4. The number of hydrogen-bond donors (Lipinski definition) is 3. The summed E-state index contributed by atoms with van der Waals surface area (Å²) in [4.78, 5) is 22.6. The van der Waals surface area contributed by atoms with Crippen LogP contribution in [0.4, 0.5) is 5.69 Å². The molecule has 0 bridgehead atoms. The predicted molar refractivity (Wildman–Crippen MR) is 76.7 cm³/mol. The fraction of sp³-hybridized carbons (Fsp3) is 0.467. The van der Waals surface area contributed by atoms with Crippen LogP contribution in [0.1, 0.15) is 31.2 Å². The fourth-order valence-corrected chi connectivity index (χ4v) is 2.36. The van der Waals surface area contributed by atoms with Crippen LogP contribution in [-0.2, 0) is 16.0 Å². The van der Waals surface area contributed by atoms with Crippen LogP contribution in [0.15, 0.2) is 24.3 Å². The summed E-state index contributed by atoms with van der Waals surface area (Å²) in [5, 5.41) is 14.8. The summed E-state index contributed by atoms with van der Waals surface area (Å²) in [7, 11) is 0. The van der Waals surface area contributed by atoms with Gasteiger partial charge in [-0.25, -0.2) is 0 Å². The minimum absolute atomic E-state index is 0.0138. The van der Waals surface area contributed by atoms with Crippen LogP contribution in [0.5, 0.6) is 0 Å². The molecule has 1 saturated heterocycles. The second-order valence-corrected chi connectivity index (χ2v) is 5.09. The summed E-state index contributed by atoms with van der Waals surface area (Å²) >= 11 is 0. The van der Waals surface area contributed by atoms with E-state index in [1.807, 2.05) is 24.3 Å². The van der Waals surface area contributed by atoms with E-state index in [-0.39, 0.29) is 18.4 Å². The normalized spacial score (nSPS) is 18.5. The first kappa shape index (κ1) is 14.5. The molecule has 0 spiro atoms. The molecule has 1 aliphatic rings. The lowest BCUT2D eigenvalue weighted by molar-refractivity contribution is -0.137. The van der Waals surface area contributed by atoms with Crippen molar-refractivity contribution in [1.82, 2.24) is 5.32 Å². The van der Waals surface area contributed by atoms with E-state index in [1.54, 1.807) is 0 Å². The lowest BCUT2D eigenvalue weighted by Gasteiger charge is -2.22. The molecule has 108 valence electrons. The number of carboxylic acids is 1. The Balaban J connectivity index is 1.93. The van der Waals surface area contributed by atoms with Crippen LogP contribution in [-0.4, -0.2) is 29.6 Å². The standard InChI is InChI=1S/C15H20N2O3/c18-14(19)8-7-11-4-3-5-12(10-11)17-15(20)13-6-1-2-9-16-13/h3-5,10,13,16H,1-2,6-9H2,(H,17,20)(H,18,19). The first-order valence-corrected chi connectivity index (χ1v) is 7.00. The van der Waals surface area contributed by atoms with Gasteiger partial charge >= 0.3 is 5.97 Å². The maximum Gasteiger partial charge on any atom is 0.303 e. The van der Waals surface area contributed by atoms with Crippen molar-refractivity contribution >= 4 is 17.6 Å². The first-order valence-electron chi connectivity index (χ1n) is 7.00.